The molecule has 0 radical (unpaired) electrons. The van der Waals surface area contributed by atoms with Gasteiger partial charge in [-0.25, -0.2) is 0 Å². The maximum atomic E-state index is 12.4. The van der Waals surface area contributed by atoms with Crippen molar-refractivity contribution in [2.24, 2.45) is 0 Å². The number of nitrogens with zero attached hydrogens (tertiary/aromatic N) is 1. The van der Waals surface area contributed by atoms with E-state index < -0.39 is 0 Å². The van der Waals surface area contributed by atoms with Crippen molar-refractivity contribution >= 4 is 5.78 Å². The third kappa shape index (κ3) is 3.90. The predicted molar refractivity (Wildman–Crippen MR) is 81.2 cm³/mol. The summed E-state index contributed by atoms with van der Waals surface area (Å²) in [6.07, 6.45) is 0. The zero-order valence-corrected chi connectivity index (χ0v) is 13.2. The minimum absolute atomic E-state index is 0.183. The topological polar surface area (TPSA) is 29.5 Å². The molecule has 3 heteroatoms. The van der Waals surface area contributed by atoms with Gasteiger partial charge in [0.2, 0.25) is 0 Å². The van der Waals surface area contributed by atoms with Crippen LogP contribution in [0.1, 0.15) is 43.6 Å². The van der Waals surface area contributed by atoms with Gasteiger partial charge in [0.25, 0.3) is 0 Å². The molecule has 3 nitrogen and oxygen atoms in total. The van der Waals surface area contributed by atoms with Crippen LogP contribution < -0.4 is 0 Å². The zero-order valence-electron chi connectivity index (χ0n) is 13.2. The Hall–Kier alpha value is -1.19. The quantitative estimate of drug-likeness (QED) is 0.794. The molecule has 2 rings (SSSR count). The molecule has 1 saturated heterocycles. The molecule has 1 fully saturated rings. The second-order valence-corrected chi connectivity index (χ2v) is 7.06. The van der Waals surface area contributed by atoms with Gasteiger partial charge in [0.15, 0.2) is 5.78 Å². The van der Waals surface area contributed by atoms with Gasteiger partial charge < -0.3 is 4.74 Å². The molecule has 0 aromatic heterocycles. The van der Waals surface area contributed by atoms with Crippen LogP contribution in [0.4, 0.5) is 0 Å². The van der Waals surface area contributed by atoms with E-state index in [9.17, 15) is 4.79 Å². The van der Waals surface area contributed by atoms with Crippen LogP contribution in [0.25, 0.3) is 0 Å². The first-order chi connectivity index (χ1) is 9.17. The summed E-state index contributed by atoms with van der Waals surface area (Å²) in [7, 11) is 0. The summed E-state index contributed by atoms with van der Waals surface area (Å²) in [5.41, 5.74) is 1.49. The summed E-state index contributed by atoms with van der Waals surface area (Å²) in [6.45, 7) is 12.4. The Kier molecular flexibility index (Phi) is 4.03. The predicted octanol–water partition coefficient (Wildman–Crippen LogP) is 3.07. The van der Waals surface area contributed by atoms with Crippen LogP contribution in [0.2, 0.25) is 0 Å². The molecule has 1 aliphatic heterocycles. The van der Waals surface area contributed by atoms with Crippen molar-refractivity contribution in [3.05, 3.63) is 35.4 Å². The van der Waals surface area contributed by atoms with Crippen LogP contribution >= 0.6 is 0 Å². The number of rotatable bonds is 3. The number of morpholine rings is 1. The first-order valence-corrected chi connectivity index (χ1v) is 7.19. The number of hydrogen-bond acceptors (Lipinski definition) is 3. The van der Waals surface area contributed by atoms with E-state index in [2.05, 4.69) is 32.6 Å². The molecule has 0 aliphatic carbocycles. The molecule has 0 N–H and O–H groups in total. The lowest BCUT2D eigenvalue weighted by atomic mass is 9.98. The highest BCUT2D eigenvalue weighted by Crippen LogP contribution is 2.28. The van der Waals surface area contributed by atoms with E-state index in [1.54, 1.807) is 0 Å². The maximum Gasteiger partial charge on any atom is 0.176 e. The first-order valence-electron chi connectivity index (χ1n) is 7.19. The fraction of sp³-hybridized carbons (Fsp3) is 0.588. The van der Waals surface area contributed by atoms with Crippen molar-refractivity contribution in [3.63, 3.8) is 0 Å². The maximum absolute atomic E-state index is 12.4. The average molecular weight is 275 g/mol. The van der Waals surface area contributed by atoms with Crippen LogP contribution in [0, 0.1) is 6.92 Å². The van der Waals surface area contributed by atoms with Crippen molar-refractivity contribution in [3.8, 4) is 0 Å². The lowest BCUT2D eigenvalue weighted by Crippen LogP contribution is -2.58. The number of hydrogen-bond donors (Lipinski definition) is 0. The van der Waals surface area contributed by atoms with E-state index in [4.69, 9.17) is 4.74 Å². The summed E-state index contributed by atoms with van der Waals surface area (Å²) in [5, 5.41) is 0. The minimum atomic E-state index is -0.214. The summed E-state index contributed by atoms with van der Waals surface area (Å²) in [4.78, 5) is 14.6. The van der Waals surface area contributed by atoms with Gasteiger partial charge in [0.05, 0.1) is 17.7 Å². The van der Waals surface area contributed by atoms with Crippen LogP contribution in [0.3, 0.4) is 0 Å². The Labute approximate surface area is 121 Å². The molecule has 1 heterocycles. The van der Waals surface area contributed by atoms with Crippen LogP contribution in [-0.2, 0) is 4.74 Å². The number of carbonyl (C=O) groups excluding carboxylic acids is 1. The van der Waals surface area contributed by atoms with Gasteiger partial charge in [-0.3, -0.25) is 9.69 Å². The summed E-state index contributed by atoms with van der Waals surface area (Å²) in [5.74, 6) is 0.183. The Bertz CT molecular complexity index is 489. The normalized spacial score (nSPS) is 21.6. The summed E-state index contributed by atoms with van der Waals surface area (Å²) in [6, 6.07) is 7.80. The Morgan fingerprint density at radius 2 is 1.80 bits per heavy atom. The van der Waals surface area contributed by atoms with Crippen molar-refractivity contribution in [1.29, 1.82) is 0 Å². The monoisotopic (exact) mass is 275 g/mol. The van der Waals surface area contributed by atoms with Crippen molar-refractivity contribution in [1.82, 2.24) is 4.90 Å². The second kappa shape index (κ2) is 5.30. The van der Waals surface area contributed by atoms with E-state index in [1.165, 1.54) is 0 Å². The molecular formula is C17H25NO2. The van der Waals surface area contributed by atoms with E-state index >= 15 is 0 Å². The molecule has 0 spiro atoms. The second-order valence-electron chi connectivity index (χ2n) is 7.06. The fourth-order valence-electron chi connectivity index (χ4n) is 3.17. The number of benzene rings is 1. The molecule has 0 saturated carbocycles. The molecule has 20 heavy (non-hydrogen) atoms. The molecule has 0 atom stereocenters. The molecule has 0 bridgehead atoms. The minimum Gasteiger partial charge on any atom is -0.367 e. The van der Waals surface area contributed by atoms with E-state index in [-0.39, 0.29) is 17.0 Å². The Morgan fingerprint density at radius 1 is 1.20 bits per heavy atom. The standard InChI is InChI=1S/C17H25NO2/c1-13-7-6-8-14(9-13)15(19)10-18-11-16(2,3)20-17(4,5)12-18/h6-9H,10-12H2,1-5H3. The number of aryl methyl sites for hydroxylation is 1. The summed E-state index contributed by atoms with van der Waals surface area (Å²) < 4.78 is 6.04. The average Bonchev–Trinajstić information content (AvgIpc) is 2.24. The van der Waals surface area contributed by atoms with Crippen molar-refractivity contribution in [2.45, 2.75) is 45.8 Å². The van der Waals surface area contributed by atoms with Crippen LogP contribution in [-0.4, -0.2) is 41.5 Å². The van der Waals surface area contributed by atoms with Gasteiger partial charge in [-0.2, -0.15) is 0 Å². The molecule has 0 amide bonds. The summed E-state index contributed by atoms with van der Waals surface area (Å²) >= 11 is 0. The largest absolute Gasteiger partial charge is 0.367 e. The Balaban J connectivity index is 2.08. The van der Waals surface area contributed by atoms with Crippen LogP contribution in [0.15, 0.2) is 24.3 Å². The molecule has 110 valence electrons. The van der Waals surface area contributed by atoms with Gasteiger partial charge in [0, 0.05) is 18.7 Å². The molecule has 1 aromatic rings. The molecule has 1 aliphatic rings. The Morgan fingerprint density at radius 3 is 2.35 bits per heavy atom. The number of Topliss-reactive ketones (excluding diaryl/α,β-unsaturated/α-hetero) is 1. The lowest BCUT2D eigenvalue weighted by Gasteiger charge is -2.47. The van der Waals surface area contributed by atoms with Gasteiger partial charge in [0.1, 0.15) is 0 Å². The third-order valence-electron chi connectivity index (χ3n) is 3.47. The third-order valence-corrected chi connectivity index (χ3v) is 3.47. The SMILES string of the molecule is Cc1cccc(C(=O)CN2CC(C)(C)OC(C)(C)C2)c1. The van der Waals surface area contributed by atoms with Gasteiger partial charge in [-0.05, 0) is 40.7 Å². The smallest absolute Gasteiger partial charge is 0.176 e. The molecule has 0 unspecified atom stereocenters. The highest BCUT2D eigenvalue weighted by Gasteiger charge is 2.38. The molecule has 1 aromatic carbocycles. The fourth-order valence-corrected chi connectivity index (χ4v) is 3.17. The van der Waals surface area contributed by atoms with Gasteiger partial charge in [-0.1, -0.05) is 23.8 Å². The van der Waals surface area contributed by atoms with E-state index in [0.717, 1.165) is 24.2 Å². The highest BCUT2D eigenvalue weighted by atomic mass is 16.5. The number of ether oxygens (including phenoxy) is 1. The van der Waals surface area contributed by atoms with E-state index in [1.807, 2.05) is 31.2 Å². The van der Waals surface area contributed by atoms with Crippen molar-refractivity contribution < 1.29 is 9.53 Å². The lowest BCUT2D eigenvalue weighted by molar-refractivity contribution is -0.178. The van der Waals surface area contributed by atoms with Crippen LogP contribution in [0.5, 0.6) is 0 Å². The van der Waals surface area contributed by atoms with Crippen molar-refractivity contribution in [2.75, 3.05) is 19.6 Å². The molecular weight excluding hydrogens is 250 g/mol. The first kappa shape index (κ1) is 15.2. The number of ketones is 1. The zero-order chi connectivity index (χ0) is 15.0. The van der Waals surface area contributed by atoms with Gasteiger partial charge >= 0.3 is 0 Å². The van der Waals surface area contributed by atoms with Gasteiger partial charge in [-0.15, -0.1) is 0 Å². The highest BCUT2D eigenvalue weighted by molar-refractivity contribution is 5.97. The van der Waals surface area contributed by atoms with E-state index in [0.29, 0.717) is 6.54 Å². The number of carbonyl (C=O) groups is 1.